The van der Waals surface area contributed by atoms with Gasteiger partial charge in [-0.25, -0.2) is 4.39 Å². The molecule has 1 fully saturated rings. The quantitative estimate of drug-likeness (QED) is 0.925. The number of nitrogens with one attached hydrogen (secondary N) is 1. The number of rotatable bonds is 3. The topological polar surface area (TPSA) is 21.3 Å². The van der Waals surface area contributed by atoms with Gasteiger partial charge >= 0.3 is 0 Å². The zero-order valence-electron chi connectivity index (χ0n) is 10.0. The van der Waals surface area contributed by atoms with Gasteiger partial charge in [-0.2, -0.15) is 0 Å². The predicted molar refractivity (Wildman–Crippen MR) is 69.4 cm³/mol. The van der Waals surface area contributed by atoms with Crippen LogP contribution in [0.15, 0.2) is 22.7 Å². The van der Waals surface area contributed by atoms with Gasteiger partial charge in [-0.15, -0.1) is 0 Å². The average molecular weight is 302 g/mol. The van der Waals surface area contributed by atoms with Crippen LogP contribution in [0.25, 0.3) is 0 Å². The molecule has 0 aliphatic carbocycles. The zero-order chi connectivity index (χ0) is 12.4. The summed E-state index contributed by atoms with van der Waals surface area (Å²) in [4.78, 5) is 0. The number of hydrogen-bond acceptors (Lipinski definition) is 2. The molecule has 0 spiro atoms. The molecule has 0 bridgehead atoms. The van der Waals surface area contributed by atoms with Gasteiger partial charge in [0.15, 0.2) is 0 Å². The fourth-order valence-electron chi connectivity index (χ4n) is 2.39. The fraction of sp³-hybridized carbons (Fsp3) is 0.538. The molecule has 1 saturated heterocycles. The third-order valence-electron chi connectivity index (χ3n) is 3.38. The van der Waals surface area contributed by atoms with Crippen molar-refractivity contribution in [3.63, 3.8) is 0 Å². The normalized spacial score (nSPS) is 26.1. The van der Waals surface area contributed by atoms with E-state index in [1.165, 1.54) is 6.07 Å². The second kappa shape index (κ2) is 5.46. The smallest absolute Gasteiger partial charge is 0.128 e. The third-order valence-corrected chi connectivity index (χ3v) is 3.87. The minimum absolute atomic E-state index is 0.0452. The van der Waals surface area contributed by atoms with Crippen LogP contribution in [0.2, 0.25) is 0 Å². The number of ether oxygens (including phenoxy) is 1. The Bertz CT molecular complexity index is 399. The lowest BCUT2D eigenvalue weighted by atomic mass is 9.92. The van der Waals surface area contributed by atoms with E-state index in [0.29, 0.717) is 11.5 Å². The number of likely N-dealkylation sites (N-methyl/N-ethyl adjacent to an activating group) is 1. The van der Waals surface area contributed by atoms with E-state index < -0.39 is 0 Å². The maximum absolute atomic E-state index is 13.9. The number of benzene rings is 1. The molecule has 17 heavy (non-hydrogen) atoms. The third kappa shape index (κ3) is 2.69. The monoisotopic (exact) mass is 301 g/mol. The van der Waals surface area contributed by atoms with Gasteiger partial charge in [0.2, 0.25) is 0 Å². The lowest BCUT2D eigenvalue weighted by Crippen LogP contribution is -2.33. The summed E-state index contributed by atoms with van der Waals surface area (Å²) in [6, 6.07) is 4.93. The summed E-state index contributed by atoms with van der Waals surface area (Å²) in [5, 5.41) is 3.17. The van der Waals surface area contributed by atoms with Crippen LogP contribution in [0, 0.1) is 11.7 Å². The fourth-order valence-corrected chi connectivity index (χ4v) is 2.77. The first-order valence-electron chi connectivity index (χ1n) is 5.87. The first kappa shape index (κ1) is 13.0. The molecule has 94 valence electrons. The van der Waals surface area contributed by atoms with Gasteiger partial charge in [-0.05, 0) is 37.6 Å². The first-order chi connectivity index (χ1) is 8.13. The largest absolute Gasteiger partial charge is 0.376 e. The molecule has 1 heterocycles. The lowest BCUT2D eigenvalue weighted by Gasteiger charge is -2.26. The van der Waals surface area contributed by atoms with Crippen molar-refractivity contribution in [1.82, 2.24) is 5.32 Å². The molecule has 1 N–H and O–H groups in total. The van der Waals surface area contributed by atoms with E-state index in [4.69, 9.17) is 4.74 Å². The van der Waals surface area contributed by atoms with Crippen molar-refractivity contribution in [2.75, 3.05) is 13.7 Å². The summed E-state index contributed by atoms with van der Waals surface area (Å²) in [5.41, 5.74) is 0.667. The molecule has 2 rings (SSSR count). The van der Waals surface area contributed by atoms with Gasteiger partial charge in [0.1, 0.15) is 5.82 Å². The summed E-state index contributed by atoms with van der Waals surface area (Å²) < 4.78 is 20.5. The number of halogens is 2. The second-order valence-electron chi connectivity index (χ2n) is 4.53. The molecule has 4 heteroatoms. The minimum Gasteiger partial charge on any atom is -0.376 e. The molecule has 1 aromatic rings. The molecular weight excluding hydrogens is 285 g/mol. The predicted octanol–water partition coefficient (Wildman–Crippen LogP) is 3.27. The summed E-state index contributed by atoms with van der Waals surface area (Å²) in [6.45, 7) is 2.91. The van der Waals surface area contributed by atoms with Crippen molar-refractivity contribution in [2.45, 2.75) is 25.5 Å². The van der Waals surface area contributed by atoms with E-state index in [1.807, 2.05) is 13.1 Å². The zero-order valence-corrected chi connectivity index (χ0v) is 11.6. The molecule has 2 nitrogen and oxygen atoms in total. The highest BCUT2D eigenvalue weighted by molar-refractivity contribution is 9.10. The van der Waals surface area contributed by atoms with E-state index >= 15 is 0 Å². The van der Waals surface area contributed by atoms with E-state index in [9.17, 15) is 4.39 Å². The summed E-state index contributed by atoms with van der Waals surface area (Å²) in [5.74, 6) is 0.265. The number of hydrogen-bond donors (Lipinski definition) is 1. The van der Waals surface area contributed by atoms with Crippen molar-refractivity contribution in [2.24, 2.45) is 5.92 Å². The van der Waals surface area contributed by atoms with Crippen LogP contribution in [0.4, 0.5) is 4.39 Å². The second-order valence-corrected chi connectivity index (χ2v) is 5.45. The van der Waals surface area contributed by atoms with E-state index in [-0.39, 0.29) is 18.0 Å². The Morgan fingerprint density at radius 2 is 2.29 bits per heavy atom. The highest BCUT2D eigenvalue weighted by Crippen LogP contribution is 2.33. The summed E-state index contributed by atoms with van der Waals surface area (Å²) in [6.07, 6.45) is 1.09. The molecule has 0 amide bonds. The Kier molecular flexibility index (Phi) is 4.17. The molecule has 3 atom stereocenters. The molecule has 1 aliphatic rings. The Morgan fingerprint density at radius 1 is 1.53 bits per heavy atom. The Labute approximate surface area is 110 Å². The average Bonchev–Trinajstić information content (AvgIpc) is 2.71. The van der Waals surface area contributed by atoms with E-state index in [2.05, 4.69) is 28.2 Å². The van der Waals surface area contributed by atoms with Crippen LogP contribution in [0.1, 0.15) is 24.9 Å². The molecule has 1 aliphatic heterocycles. The Hall–Kier alpha value is -0.450. The van der Waals surface area contributed by atoms with Crippen LogP contribution in [-0.4, -0.2) is 19.8 Å². The molecular formula is C13H17BrFNO. The van der Waals surface area contributed by atoms with Crippen molar-refractivity contribution in [1.29, 1.82) is 0 Å². The Balaban J connectivity index is 2.31. The van der Waals surface area contributed by atoms with Crippen molar-refractivity contribution in [3.8, 4) is 0 Å². The van der Waals surface area contributed by atoms with Gasteiger partial charge in [0.05, 0.1) is 12.1 Å². The Morgan fingerprint density at radius 3 is 2.88 bits per heavy atom. The van der Waals surface area contributed by atoms with Crippen molar-refractivity contribution >= 4 is 15.9 Å². The van der Waals surface area contributed by atoms with Gasteiger partial charge in [-0.1, -0.05) is 22.9 Å². The van der Waals surface area contributed by atoms with Crippen LogP contribution >= 0.6 is 15.9 Å². The standard InChI is InChI=1S/C13H17BrFNO/c1-8-5-6-17-13(8)12(16-2)10-7-9(14)3-4-11(10)15/h3-4,7-8,12-13,16H,5-6H2,1-2H3. The molecule has 0 aromatic heterocycles. The maximum atomic E-state index is 13.9. The molecule has 0 radical (unpaired) electrons. The van der Waals surface area contributed by atoms with Gasteiger partial charge in [0.25, 0.3) is 0 Å². The van der Waals surface area contributed by atoms with Crippen LogP contribution in [0.5, 0.6) is 0 Å². The van der Waals surface area contributed by atoms with Crippen molar-refractivity contribution in [3.05, 3.63) is 34.1 Å². The van der Waals surface area contributed by atoms with Gasteiger partial charge in [0, 0.05) is 16.6 Å². The van der Waals surface area contributed by atoms with Crippen LogP contribution < -0.4 is 5.32 Å². The van der Waals surface area contributed by atoms with E-state index in [0.717, 1.165) is 17.5 Å². The van der Waals surface area contributed by atoms with Crippen LogP contribution in [0.3, 0.4) is 0 Å². The van der Waals surface area contributed by atoms with Crippen LogP contribution in [-0.2, 0) is 4.74 Å². The van der Waals surface area contributed by atoms with Gasteiger partial charge < -0.3 is 10.1 Å². The SMILES string of the molecule is CNC(c1cc(Br)ccc1F)C1OCCC1C. The maximum Gasteiger partial charge on any atom is 0.128 e. The highest BCUT2D eigenvalue weighted by Gasteiger charge is 2.33. The summed E-state index contributed by atoms with van der Waals surface area (Å²) in [7, 11) is 1.85. The highest BCUT2D eigenvalue weighted by atomic mass is 79.9. The van der Waals surface area contributed by atoms with E-state index in [1.54, 1.807) is 6.07 Å². The molecule has 1 aromatic carbocycles. The summed E-state index contributed by atoms with van der Waals surface area (Å²) >= 11 is 3.38. The van der Waals surface area contributed by atoms with Gasteiger partial charge in [-0.3, -0.25) is 0 Å². The van der Waals surface area contributed by atoms with Crippen molar-refractivity contribution < 1.29 is 9.13 Å². The minimum atomic E-state index is -0.185. The molecule has 3 unspecified atom stereocenters. The molecule has 0 saturated carbocycles. The lowest BCUT2D eigenvalue weighted by molar-refractivity contribution is 0.0620. The first-order valence-corrected chi connectivity index (χ1v) is 6.66.